The summed E-state index contributed by atoms with van der Waals surface area (Å²) in [5.41, 5.74) is 7.69. The van der Waals surface area contributed by atoms with Crippen molar-refractivity contribution in [3.63, 3.8) is 0 Å². The minimum Gasteiger partial charge on any atom is -0.463 e. The zero-order valence-corrected chi connectivity index (χ0v) is 17.1. The minimum absolute atomic E-state index is 0.0686. The van der Waals surface area contributed by atoms with Crippen LogP contribution >= 0.6 is 0 Å². The third-order valence-electron chi connectivity index (χ3n) is 4.29. The molecule has 7 nitrogen and oxygen atoms in total. The lowest BCUT2D eigenvalue weighted by atomic mass is 10.0. The van der Waals surface area contributed by atoms with Crippen LogP contribution in [0.4, 0.5) is 15.9 Å². The van der Waals surface area contributed by atoms with Crippen LogP contribution in [-0.2, 0) is 13.0 Å². The van der Waals surface area contributed by atoms with Gasteiger partial charge in [-0.1, -0.05) is 25.0 Å². The van der Waals surface area contributed by atoms with E-state index in [1.807, 2.05) is 6.92 Å². The average Bonchev–Trinajstić information content (AvgIpc) is 2.78. The number of hydrogen-bond donors (Lipinski definition) is 2. The fourth-order valence-corrected chi connectivity index (χ4v) is 2.73. The number of halogens is 1. The fourth-order valence-electron chi connectivity index (χ4n) is 2.73. The molecule has 0 radical (unpaired) electrons. The van der Waals surface area contributed by atoms with E-state index in [0.29, 0.717) is 28.5 Å². The topological polar surface area (TPSA) is 103 Å². The molecule has 0 aliphatic heterocycles. The lowest BCUT2D eigenvalue weighted by molar-refractivity contribution is 0.0987. The van der Waals surface area contributed by atoms with Crippen LogP contribution in [0.1, 0.15) is 35.0 Å². The standard InChI is InChI=1S/C23H22FN5O2/c1-2-3-4-10-31-22-15-28-20(14-29-22)21(30)12-16-7-8-18(24)17(11-16)13-27-19-6-5-9-26-23(19)25/h5-9,11,14-15,27H,2,10,12-13H2,1H3,(H2,25,26). The normalized spacial score (nSPS) is 10.1. The summed E-state index contributed by atoms with van der Waals surface area (Å²) in [5.74, 6) is 5.74. The number of pyridine rings is 1. The van der Waals surface area contributed by atoms with E-state index >= 15 is 0 Å². The van der Waals surface area contributed by atoms with E-state index in [4.69, 9.17) is 10.5 Å². The third-order valence-corrected chi connectivity index (χ3v) is 4.29. The smallest absolute Gasteiger partial charge is 0.233 e. The number of rotatable bonds is 8. The number of ketones is 1. The number of nitrogen functional groups attached to an aromatic ring is 1. The zero-order chi connectivity index (χ0) is 22.1. The van der Waals surface area contributed by atoms with Crippen LogP contribution in [0.5, 0.6) is 5.88 Å². The van der Waals surface area contributed by atoms with Gasteiger partial charge < -0.3 is 15.8 Å². The van der Waals surface area contributed by atoms with Crippen LogP contribution in [0, 0.1) is 17.7 Å². The molecule has 3 N–H and O–H groups in total. The number of anilines is 2. The minimum atomic E-state index is -0.376. The Balaban J connectivity index is 1.62. The summed E-state index contributed by atoms with van der Waals surface area (Å²) in [5, 5.41) is 3.05. The molecule has 0 bridgehead atoms. The maximum Gasteiger partial charge on any atom is 0.233 e. The van der Waals surface area contributed by atoms with E-state index in [2.05, 4.69) is 32.1 Å². The number of nitrogens with one attached hydrogen (secondary N) is 1. The molecule has 0 atom stereocenters. The number of benzene rings is 1. The molecule has 0 unspecified atom stereocenters. The molecule has 3 rings (SSSR count). The highest BCUT2D eigenvalue weighted by molar-refractivity contribution is 5.95. The van der Waals surface area contributed by atoms with Crippen LogP contribution < -0.4 is 15.8 Å². The molecule has 0 saturated heterocycles. The van der Waals surface area contributed by atoms with Gasteiger partial charge in [-0.2, -0.15) is 0 Å². The monoisotopic (exact) mass is 419 g/mol. The van der Waals surface area contributed by atoms with Crippen LogP contribution in [0.25, 0.3) is 0 Å². The van der Waals surface area contributed by atoms with Gasteiger partial charge in [0.25, 0.3) is 0 Å². The van der Waals surface area contributed by atoms with Gasteiger partial charge in [0.15, 0.2) is 12.4 Å². The van der Waals surface area contributed by atoms with Crippen molar-refractivity contribution in [3.8, 4) is 17.7 Å². The van der Waals surface area contributed by atoms with Crippen LogP contribution in [0.3, 0.4) is 0 Å². The number of nitrogens with zero attached hydrogens (tertiary/aromatic N) is 3. The van der Waals surface area contributed by atoms with Crippen molar-refractivity contribution in [1.82, 2.24) is 15.0 Å². The molecule has 8 heteroatoms. The van der Waals surface area contributed by atoms with Gasteiger partial charge in [0.2, 0.25) is 5.88 Å². The van der Waals surface area contributed by atoms with Gasteiger partial charge in [-0.05, 0) is 23.8 Å². The van der Waals surface area contributed by atoms with E-state index in [-0.39, 0.29) is 36.9 Å². The van der Waals surface area contributed by atoms with Crippen molar-refractivity contribution < 1.29 is 13.9 Å². The van der Waals surface area contributed by atoms with E-state index in [9.17, 15) is 9.18 Å². The van der Waals surface area contributed by atoms with Crippen LogP contribution in [0.2, 0.25) is 0 Å². The predicted molar refractivity (Wildman–Crippen MR) is 116 cm³/mol. The van der Waals surface area contributed by atoms with Gasteiger partial charge in [0.1, 0.15) is 17.3 Å². The molecular formula is C23H22FN5O2. The second-order valence-corrected chi connectivity index (χ2v) is 6.55. The Bertz CT molecular complexity index is 1110. The molecule has 0 saturated carbocycles. The average molecular weight is 419 g/mol. The number of ether oxygens (including phenoxy) is 1. The van der Waals surface area contributed by atoms with Gasteiger partial charge in [-0.25, -0.2) is 19.3 Å². The Morgan fingerprint density at radius 2 is 2.06 bits per heavy atom. The van der Waals surface area contributed by atoms with Crippen molar-refractivity contribution in [3.05, 3.63) is 71.6 Å². The summed E-state index contributed by atoms with van der Waals surface area (Å²) in [7, 11) is 0. The Kier molecular flexibility index (Phi) is 7.49. The maximum absolute atomic E-state index is 14.2. The first-order chi connectivity index (χ1) is 15.1. The second-order valence-electron chi connectivity index (χ2n) is 6.55. The first kappa shape index (κ1) is 21.7. The number of hydrogen-bond acceptors (Lipinski definition) is 7. The molecule has 2 heterocycles. The number of Topliss-reactive ketones (excluding diaryl/α,β-unsaturated/α-hetero) is 1. The van der Waals surface area contributed by atoms with E-state index in [1.165, 1.54) is 18.5 Å². The number of carbonyl (C=O) groups is 1. The lowest BCUT2D eigenvalue weighted by Crippen LogP contribution is -2.09. The highest BCUT2D eigenvalue weighted by Crippen LogP contribution is 2.18. The second kappa shape index (κ2) is 10.7. The van der Waals surface area contributed by atoms with Gasteiger partial charge in [0, 0.05) is 31.1 Å². The Labute approximate surface area is 179 Å². The first-order valence-electron chi connectivity index (χ1n) is 9.72. The highest BCUT2D eigenvalue weighted by atomic mass is 19.1. The maximum atomic E-state index is 14.2. The molecule has 158 valence electrons. The summed E-state index contributed by atoms with van der Waals surface area (Å²) in [4.78, 5) is 24.7. The largest absolute Gasteiger partial charge is 0.463 e. The van der Waals surface area contributed by atoms with Gasteiger partial charge in [-0.15, -0.1) is 5.92 Å². The van der Waals surface area contributed by atoms with Gasteiger partial charge in [-0.3, -0.25) is 4.79 Å². The van der Waals surface area contributed by atoms with Crippen molar-refractivity contribution >= 4 is 17.3 Å². The van der Waals surface area contributed by atoms with Crippen molar-refractivity contribution in [1.29, 1.82) is 0 Å². The van der Waals surface area contributed by atoms with Crippen LogP contribution in [0.15, 0.2) is 48.9 Å². The first-order valence-corrected chi connectivity index (χ1v) is 9.72. The number of carbonyl (C=O) groups excluding carboxylic acids is 1. The Morgan fingerprint density at radius 1 is 1.19 bits per heavy atom. The summed E-state index contributed by atoms with van der Waals surface area (Å²) < 4.78 is 19.6. The summed E-state index contributed by atoms with van der Waals surface area (Å²) >= 11 is 0. The molecule has 0 aliphatic carbocycles. The van der Waals surface area contributed by atoms with E-state index in [1.54, 1.807) is 30.5 Å². The molecular weight excluding hydrogens is 397 g/mol. The molecule has 1 aromatic carbocycles. The van der Waals surface area contributed by atoms with Crippen molar-refractivity contribution in [2.45, 2.75) is 26.3 Å². The number of aromatic nitrogens is 3. The SMILES string of the molecule is CCC#CCOc1cnc(C(=O)Cc2ccc(F)c(CNc3cccnc3N)c2)cn1. The van der Waals surface area contributed by atoms with E-state index in [0.717, 1.165) is 6.42 Å². The quantitative estimate of drug-likeness (QED) is 0.426. The fraction of sp³-hybridized carbons (Fsp3) is 0.217. The van der Waals surface area contributed by atoms with Crippen molar-refractivity contribution in [2.75, 3.05) is 17.7 Å². The summed E-state index contributed by atoms with van der Waals surface area (Å²) in [6.45, 7) is 2.37. The van der Waals surface area contributed by atoms with E-state index < -0.39 is 0 Å². The zero-order valence-electron chi connectivity index (χ0n) is 17.1. The third kappa shape index (κ3) is 6.24. The molecule has 3 aromatic rings. The molecule has 0 amide bonds. The Hall–Kier alpha value is -3.99. The molecule has 0 fully saturated rings. The Morgan fingerprint density at radius 3 is 2.81 bits per heavy atom. The molecule has 31 heavy (non-hydrogen) atoms. The van der Waals surface area contributed by atoms with Crippen LogP contribution in [-0.4, -0.2) is 27.3 Å². The van der Waals surface area contributed by atoms with Gasteiger partial charge >= 0.3 is 0 Å². The predicted octanol–water partition coefficient (Wildman–Crippen LogP) is 3.42. The molecule has 2 aromatic heterocycles. The molecule has 0 spiro atoms. The number of nitrogens with two attached hydrogens (primary N) is 1. The lowest BCUT2D eigenvalue weighted by Gasteiger charge is -2.10. The van der Waals surface area contributed by atoms with Crippen molar-refractivity contribution in [2.24, 2.45) is 0 Å². The summed E-state index contributed by atoms with van der Waals surface area (Å²) in [6, 6.07) is 8.05. The summed E-state index contributed by atoms with van der Waals surface area (Å²) in [6.07, 6.45) is 5.15. The molecule has 0 aliphatic rings. The van der Waals surface area contributed by atoms with Gasteiger partial charge in [0.05, 0.1) is 18.1 Å². The highest BCUT2D eigenvalue weighted by Gasteiger charge is 2.12.